The van der Waals surface area contributed by atoms with Crippen molar-refractivity contribution in [3.8, 4) is 0 Å². The van der Waals surface area contributed by atoms with Crippen LogP contribution in [0.4, 0.5) is 0 Å². The first-order chi connectivity index (χ1) is 9.49. The van der Waals surface area contributed by atoms with Crippen LogP contribution >= 0.6 is 35.6 Å². The molecule has 0 aliphatic heterocycles. The van der Waals surface area contributed by atoms with Gasteiger partial charge in [0.25, 0.3) is 5.91 Å². The van der Waals surface area contributed by atoms with Crippen LogP contribution in [-0.2, 0) is 0 Å². The first-order valence-corrected chi connectivity index (χ1v) is 6.59. The Bertz CT molecular complexity index is 502. The number of aliphatic imine (C=N–C) groups is 1. The van der Waals surface area contributed by atoms with Crippen molar-refractivity contribution in [1.82, 2.24) is 10.6 Å². The van der Waals surface area contributed by atoms with Gasteiger partial charge in [-0.1, -0.05) is 23.8 Å². The monoisotopic (exact) mass is 422 g/mol. The summed E-state index contributed by atoms with van der Waals surface area (Å²) in [5.41, 5.74) is 7.14. The van der Waals surface area contributed by atoms with Crippen LogP contribution < -0.4 is 16.4 Å². The van der Waals surface area contributed by atoms with Gasteiger partial charge in [0.1, 0.15) is 0 Å². The van der Waals surface area contributed by atoms with Gasteiger partial charge >= 0.3 is 0 Å². The molecular weight excluding hydrogens is 403 g/mol. The number of carbonyl (C=O) groups is 1. The number of nitrogens with zero attached hydrogens (tertiary/aromatic N) is 1. The maximum absolute atomic E-state index is 11.8. The fourth-order valence-electron chi connectivity index (χ4n) is 1.35. The molecule has 0 atom stereocenters. The minimum atomic E-state index is -0.152. The van der Waals surface area contributed by atoms with Crippen LogP contribution in [-0.4, -0.2) is 31.5 Å². The SMILES string of the molecule is C=C(C)CN=C(N)NCCNC(=O)c1ccc(Cl)cc1.I. The summed E-state index contributed by atoms with van der Waals surface area (Å²) >= 11 is 5.75. The molecule has 5 nitrogen and oxygen atoms in total. The highest BCUT2D eigenvalue weighted by atomic mass is 127. The van der Waals surface area contributed by atoms with E-state index in [9.17, 15) is 4.79 Å². The molecule has 0 bridgehead atoms. The second-order valence-electron chi connectivity index (χ2n) is 4.35. The van der Waals surface area contributed by atoms with Gasteiger partial charge < -0.3 is 16.4 Å². The highest BCUT2D eigenvalue weighted by Crippen LogP contribution is 2.08. The van der Waals surface area contributed by atoms with Crippen LogP contribution in [0.1, 0.15) is 17.3 Å². The Balaban J connectivity index is 0.00000400. The van der Waals surface area contributed by atoms with E-state index in [2.05, 4.69) is 22.2 Å². The van der Waals surface area contributed by atoms with E-state index < -0.39 is 0 Å². The second kappa shape index (κ2) is 10.4. The number of benzene rings is 1. The highest BCUT2D eigenvalue weighted by molar-refractivity contribution is 14.0. The molecule has 0 saturated carbocycles. The fraction of sp³-hybridized carbons (Fsp3) is 0.286. The van der Waals surface area contributed by atoms with Crippen molar-refractivity contribution in [1.29, 1.82) is 0 Å². The maximum Gasteiger partial charge on any atom is 0.251 e. The van der Waals surface area contributed by atoms with E-state index in [1.807, 2.05) is 6.92 Å². The van der Waals surface area contributed by atoms with Crippen LogP contribution in [0, 0.1) is 0 Å². The van der Waals surface area contributed by atoms with Gasteiger partial charge in [-0.2, -0.15) is 0 Å². The van der Waals surface area contributed by atoms with Gasteiger partial charge in [0.05, 0.1) is 6.54 Å². The molecule has 7 heteroatoms. The van der Waals surface area contributed by atoms with Crippen LogP contribution in [0.2, 0.25) is 5.02 Å². The van der Waals surface area contributed by atoms with Gasteiger partial charge in [-0.15, -0.1) is 24.0 Å². The molecule has 1 rings (SSSR count). The summed E-state index contributed by atoms with van der Waals surface area (Å²) in [6.07, 6.45) is 0. The number of rotatable bonds is 6. The maximum atomic E-state index is 11.8. The van der Waals surface area contributed by atoms with Gasteiger partial charge in [0, 0.05) is 23.7 Å². The van der Waals surface area contributed by atoms with Crippen LogP contribution in [0.3, 0.4) is 0 Å². The van der Waals surface area contributed by atoms with E-state index in [4.69, 9.17) is 17.3 Å². The molecule has 0 saturated heterocycles. The molecule has 0 unspecified atom stereocenters. The van der Waals surface area contributed by atoms with Crippen LogP contribution in [0.5, 0.6) is 0 Å². The molecule has 0 aromatic heterocycles. The predicted octanol–water partition coefficient (Wildman–Crippen LogP) is 2.17. The number of amides is 1. The first kappa shape index (κ1) is 19.7. The van der Waals surface area contributed by atoms with Gasteiger partial charge in [0.15, 0.2) is 5.96 Å². The minimum absolute atomic E-state index is 0. The number of nitrogens with two attached hydrogens (primary N) is 1. The van der Waals surface area contributed by atoms with E-state index in [0.717, 1.165) is 5.57 Å². The average molecular weight is 423 g/mol. The summed E-state index contributed by atoms with van der Waals surface area (Å²) in [4.78, 5) is 15.8. The van der Waals surface area contributed by atoms with E-state index in [-0.39, 0.29) is 29.9 Å². The normalized spacial score (nSPS) is 10.5. The van der Waals surface area contributed by atoms with E-state index in [1.165, 1.54) is 0 Å². The van der Waals surface area contributed by atoms with Gasteiger partial charge in [0.2, 0.25) is 0 Å². The summed E-state index contributed by atoms with van der Waals surface area (Å²) in [5.74, 6) is 0.189. The first-order valence-electron chi connectivity index (χ1n) is 6.21. The van der Waals surface area contributed by atoms with Crippen molar-refractivity contribution in [2.24, 2.45) is 10.7 Å². The molecule has 1 aromatic carbocycles. The van der Waals surface area contributed by atoms with Crippen LogP contribution in [0.15, 0.2) is 41.4 Å². The Hall–Kier alpha value is -1.28. The van der Waals surface area contributed by atoms with Gasteiger partial charge in [-0.3, -0.25) is 4.79 Å². The number of guanidine groups is 1. The van der Waals surface area contributed by atoms with E-state index in [1.54, 1.807) is 24.3 Å². The van der Waals surface area contributed by atoms with Gasteiger partial charge in [-0.25, -0.2) is 4.99 Å². The molecule has 0 fully saturated rings. The lowest BCUT2D eigenvalue weighted by Crippen LogP contribution is -2.38. The molecule has 0 aliphatic rings. The van der Waals surface area contributed by atoms with Crippen molar-refractivity contribution < 1.29 is 4.79 Å². The fourth-order valence-corrected chi connectivity index (χ4v) is 1.47. The molecule has 0 heterocycles. The Morgan fingerprint density at radius 2 is 1.86 bits per heavy atom. The summed E-state index contributed by atoms with van der Waals surface area (Å²) in [6, 6.07) is 6.70. The Morgan fingerprint density at radius 3 is 2.43 bits per heavy atom. The topological polar surface area (TPSA) is 79.5 Å². The largest absolute Gasteiger partial charge is 0.370 e. The lowest BCUT2D eigenvalue weighted by atomic mass is 10.2. The molecule has 1 amide bonds. The van der Waals surface area contributed by atoms with Gasteiger partial charge in [-0.05, 0) is 31.2 Å². The minimum Gasteiger partial charge on any atom is -0.370 e. The number of halogens is 2. The smallest absolute Gasteiger partial charge is 0.251 e. The third-order valence-electron chi connectivity index (χ3n) is 2.34. The zero-order chi connectivity index (χ0) is 15.0. The van der Waals surface area contributed by atoms with Crippen LogP contribution in [0.25, 0.3) is 0 Å². The zero-order valence-corrected chi connectivity index (χ0v) is 14.9. The summed E-state index contributed by atoms with van der Waals surface area (Å²) < 4.78 is 0. The quantitative estimate of drug-likeness (QED) is 0.216. The molecular formula is C14H20ClIN4O. The Morgan fingerprint density at radius 1 is 1.29 bits per heavy atom. The standard InChI is InChI=1S/C14H19ClN4O.HI/c1-10(2)9-19-14(16)18-8-7-17-13(20)11-3-5-12(15)6-4-11;/h3-6H,1,7-9H2,2H3,(H,17,20)(H3,16,18,19);1H. The third-order valence-corrected chi connectivity index (χ3v) is 2.59. The third kappa shape index (κ3) is 8.56. The average Bonchev–Trinajstić information content (AvgIpc) is 2.42. The van der Waals surface area contributed by atoms with Crippen molar-refractivity contribution in [3.63, 3.8) is 0 Å². The Labute approximate surface area is 147 Å². The molecule has 0 radical (unpaired) electrons. The molecule has 4 N–H and O–H groups in total. The van der Waals surface area contributed by atoms with E-state index in [0.29, 0.717) is 36.2 Å². The lowest BCUT2D eigenvalue weighted by Gasteiger charge is -2.07. The molecule has 116 valence electrons. The predicted molar refractivity (Wildman–Crippen MR) is 98.5 cm³/mol. The molecule has 1 aromatic rings. The number of carbonyl (C=O) groups excluding carboxylic acids is 1. The number of hydrogen-bond donors (Lipinski definition) is 3. The summed E-state index contributed by atoms with van der Waals surface area (Å²) in [5, 5.41) is 6.27. The second-order valence-corrected chi connectivity index (χ2v) is 4.78. The summed E-state index contributed by atoms with van der Waals surface area (Å²) in [6.45, 7) is 7.06. The Kier molecular flexibility index (Phi) is 9.81. The van der Waals surface area contributed by atoms with Crippen molar-refractivity contribution in [2.45, 2.75) is 6.92 Å². The van der Waals surface area contributed by atoms with E-state index >= 15 is 0 Å². The van der Waals surface area contributed by atoms with Crippen molar-refractivity contribution in [3.05, 3.63) is 47.0 Å². The van der Waals surface area contributed by atoms with Crippen molar-refractivity contribution >= 4 is 47.4 Å². The molecule has 0 aliphatic carbocycles. The lowest BCUT2D eigenvalue weighted by molar-refractivity contribution is 0.0954. The molecule has 0 spiro atoms. The summed E-state index contributed by atoms with van der Waals surface area (Å²) in [7, 11) is 0. The highest BCUT2D eigenvalue weighted by Gasteiger charge is 2.03. The zero-order valence-electron chi connectivity index (χ0n) is 11.9. The van der Waals surface area contributed by atoms with Crippen molar-refractivity contribution in [2.75, 3.05) is 19.6 Å². The number of nitrogens with one attached hydrogen (secondary N) is 2. The number of hydrogen-bond acceptors (Lipinski definition) is 2. The molecule has 21 heavy (non-hydrogen) atoms.